The van der Waals surface area contributed by atoms with Crippen LogP contribution in [0.25, 0.3) is 6.08 Å². The Kier molecular flexibility index (Phi) is 5.96. The molecule has 0 unspecified atom stereocenters. The number of hydrogen-bond donors (Lipinski definition) is 1. The quantitative estimate of drug-likeness (QED) is 0.353. The highest BCUT2D eigenvalue weighted by Crippen LogP contribution is 2.19. The summed E-state index contributed by atoms with van der Waals surface area (Å²) >= 11 is 5.01. The van der Waals surface area contributed by atoms with Crippen molar-refractivity contribution < 1.29 is 18.7 Å². The summed E-state index contributed by atoms with van der Waals surface area (Å²) in [4.78, 5) is 25.9. The second-order valence-corrected chi connectivity index (χ2v) is 6.36. The van der Waals surface area contributed by atoms with Crippen molar-refractivity contribution in [2.45, 2.75) is 6.61 Å². The third-order valence-electron chi connectivity index (χ3n) is 4.04. The molecule has 0 atom stereocenters. The van der Waals surface area contributed by atoms with Crippen LogP contribution >= 0.6 is 12.2 Å². The smallest absolute Gasteiger partial charge is 0.265 e. The molecule has 0 saturated carbocycles. The summed E-state index contributed by atoms with van der Waals surface area (Å²) in [5.41, 5.74) is 1.08. The highest BCUT2D eigenvalue weighted by molar-refractivity contribution is 7.80. The average Bonchev–Trinajstić information content (AvgIpc) is 2.69. The van der Waals surface area contributed by atoms with E-state index in [0.29, 0.717) is 16.9 Å². The molecule has 1 heterocycles. The molecule has 28 heavy (non-hydrogen) atoms. The summed E-state index contributed by atoms with van der Waals surface area (Å²) in [6.07, 6.45) is 3.01. The van der Waals surface area contributed by atoms with Crippen LogP contribution in [0.3, 0.4) is 0 Å². The number of benzene rings is 2. The van der Waals surface area contributed by atoms with E-state index in [2.05, 4.69) is 11.9 Å². The Balaban J connectivity index is 1.73. The third kappa shape index (κ3) is 4.32. The second-order valence-electron chi connectivity index (χ2n) is 5.97. The molecule has 1 aliphatic rings. The maximum absolute atomic E-state index is 13.6. The molecule has 3 rings (SSSR count). The van der Waals surface area contributed by atoms with Crippen LogP contribution in [-0.4, -0.2) is 28.4 Å². The summed E-state index contributed by atoms with van der Waals surface area (Å²) < 4.78 is 19.2. The molecule has 2 aromatic carbocycles. The molecule has 2 amide bonds. The minimum Gasteiger partial charge on any atom is -0.489 e. The van der Waals surface area contributed by atoms with Gasteiger partial charge in [-0.05, 0) is 42.1 Å². The lowest BCUT2D eigenvalue weighted by atomic mass is 10.1. The largest absolute Gasteiger partial charge is 0.489 e. The molecule has 142 valence electrons. The molecule has 1 aliphatic heterocycles. The molecule has 1 saturated heterocycles. The summed E-state index contributed by atoms with van der Waals surface area (Å²) in [5.74, 6) is -0.810. The average molecular weight is 396 g/mol. The fourth-order valence-corrected chi connectivity index (χ4v) is 2.84. The van der Waals surface area contributed by atoms with Crippen molar-refractivity contribution in [3.8, 4) is 5.75 Å². The van der Waals surface area contributed by atoms with Crippen LogP contribution in [0.4, 0.5) is 4.39 Å². The Bertz CT molecular complexity index is 970. The van der Waals surface area contributed by atoms with Gasteiger partial charge in [0.2, 0.25) is 0 Å². The summed E-state index contributed by atoms with van der Waals surface area (Å²) in [6.45, 7) is 3.89. The van der Waals surface area contributed by atoms with Crippen molar-refractivity contribution in [2.75, 3.05) is 6.54 Å². The molecular weight excluding hydrogens is 379 g/mol. The summed E-state index contributed by atoms with van der Waals surface area (Å²) in [5, 5.41) is 2.55. The minimum absolute atomic E-state index is 0.0181. The van der Waals surface area contributed by atoms with Gasteiger partial charge in [0.05, 0.1) is 0 Å². The highest BCUT2D eigenvalue weighted by Gasteiger charge is 2.32. The molecule has 5 nitrogen and oxygen atoms in total. The van der Waals surface area contributed by atoms with Crippen molar-refractivity contribution in [1.82, 2.24) is 10.2 Å². The second kappa shape index (κ2) is 8.58. The van der Waals surface area contributed by atoms with Crippen molar-refractivity contribution in [3.05, 3.63) is 83.7 Å². The third-order valence-corrected chi connectivity index (χ3v) is 4.36. The number of amides is 2. The zero-order chi connectivity index (χ0) is 20.1. The van der Waals surface area contributed by atoms with E-state index in [9.17, 15) is 14.0 Å². The number of halogens is 1. The molecule has 2 aromatic rings. The lowest BCUT2D eigenvalue weighted by molar-refractivity contribution is -0.128. The van der Waals surface area contributed by atoms with Gasteiger partial charge in [-0.1, -0.05) is 36.4 Å². The molecule has 1 N–H and O–H groups in total. The van der Waals surface area contributed by atoms with Gasteiger partial charge in [0, 0.05) is 12.1 Å². The zero-order valence-electron chi connectivity index (χ0n) is 14.9. The van der Waals surface area contributed by atoms with Crippen LogP contribution in [0.15, 0.2) is 66.8 Å². The van der Waals surface area contributed by atoms with E-state index in [1.54, 1.807) is 42.5 Å². The van der Waals surface area contributed by atoms with E-state index in [1.165, 1.54) is 23.1 Å². The van der Waals surface area contributed by atoms with Crippen molar-refractivity contribution in [2.24, 2.45) is 0 Å². The van der Waals surface area contributed by atoms with Gasteiger partial charge in [0.1, 0.15) is 23.7 Å². The lowest BCUT2D eigenvalue weighted by Gasteiger charge is -2.27. The van der Waals surface area contributed by atoms with E-state index >= 15 is 0 Å². The normalized spacial score (nSPS) is 15.5. The first kappa shape index (κ1) is 19.4. The number of nitrogens with zero attached hydrogens (tertiary/aromatic N) is 1. The van der Waals surface area contributed by atoms with Gasteiger partial charge in [0.25, 0.3) is 11.8 Å². The van der Waals surface area contributed by atoms with Crippen LogP contribution < -0.4 is 10.1 Å². The first-order valence-electron chi connectivity index (χ1n) is 8.45. The van der Waals surface area contributed by atoms with Crippen LogP contribution in [0.5, 0.6) is 5.75 Å². The lowest BCUT2D eigenvalue weighted by Crippen LogP contribution is -2.53. The van der Waals surface area contributed by atoms with Gasteiger partial charge in [-0.2, -0.15) is 0 Å². The number of hydrogen-bond acceptors (Lipinski definition) is 4. The number of carbonyl (C=O) groups excluding carboxylic acids is 2. The number of rotatable bonds is 6. The molecule has 0 aromatic heterocycles. The molecular formula is C21H17FN2O3S. The first-order valence-corrected chi connectivity index (χ1v) is 8.86. The first-order chi connectivity index (χ1) is 13.5. The topological polar surface area (TPSA) is 58.6 Å². The van der Waals surface area contributed by atoms with E-state index < -0.39 is 11.8 Å². The molecule has 0 radical (unpaired) electrons. The monoisotopic (exact) mass is 396 g/mol. The molecule has 0 spiro atoms. The maximum atomic E-state index is 13.6. The Hall–Kier alpha value is -3.32. The van der Waals surface area contributed by atoms with Crippen molar-refractivity contribution in [3.63, 3.8) is 0 Å². The van der Waals surface area contributed by atoms with Gasteiger partial charge in [-0.25, -0.2) is 4.39 Å². The summed E-state index contributed by atoms with van der Waals surface area (Å²) in [7, 11) is 0. The van der Waals surface area contributed by atoms with E-state index in [1.807, 2.05) is 0 Å². The SMILES string of the molecule is C=CCN1C(=O)/C(=C/c2ccc(OCc3ccccc3F)cc2)C(=O)NC1=S. The van der Waals surface area contributed by atoms with Crippen LogP contribution in [0.2, 0.25) is 0 Å². The standard InChI is InChI=1S/C21H17FN2O3S/c1-2-11-24-20(26)17(19(25)23-21(24)28)12-14-7-9-16(10-8-14)27-13-15-5-3-4-6-18(15)22/h2-10,12H,1,11,13H2,(H,23,25,28)/b17-12+. The maximum Gasteiger partial charge on any atom is 0.265 e. The molecule has 1 fully saturated rings. The summed E-state index contributed by atoms with van der Waals surface area (Å²) in [6, 6.07) is 13.2. The van der Waals surface area contributed by atoms with Crippen LogP contribution in [0.1, 0.15) is 11.1 Å². The predicted molar refractivity (Wildman–Crippen MR) is 108 cm³/mol. The van der Waals surface area contributed by atoms with Gasteiger partial charge in [0.15, 0.2) is 5.11 Å². The zero-order valence-corrected chi connectivity index (χ0v) is 15.7. The Morgan fingerprint density at radius 1 is 1.14 bits per heavy atom. The Labute approximate surface area is 167 Å². The predicted octanol–water partition coefficient (Wildman–Crippen LogP) is 3.22. The fraction of sp³-hybridized carbons (Fsp3) is 0.0952. The molecule has 7 heteroatoms. The van der Waals surface area contributed by atoms with Gasteiger partial charge in [-0.3, -0.25) is 19.8 Å². The van der Waals surface area contributed by atoms with E-state index in [-0.39, 0.29) is 29.7 Å². The van der Waals surface area contributed by atoms with Crippen LogP contribution in [0, 0.1) is 5.82 Å². The number of ether oxygens (including phenoxy) is 1. The van der Waals surface area contributed by atoms with Gasteiger partial charge >= 0.3 is 0 Å². The van der Waals surface area contributed by atoms with E-state index in [4.69, 9.17) is 17.0 Å². The van der Waals surface area contributed by atoms with Crippen molar-refractivity contribution >= 4 is 35.2 Å². The Morgan fingerprint density at radius 2 is 1.86 bits per heavy atom. The fourth-order valence-electron chi connectivity index (χ4n) is 2.59. The Morgan fingerprint density at radius 3 is 2.54 bits per heavy atom. The van der Waals surface area contributed by atoms with Gasteiger partial charge < -0.3 is 4.74 Å². The minimum atomic E-state index is -0.546. The van der Waals surface area contributed by atoms with Crippen LogP contribution in [-0.2, 0) is 16.2 Å². The number of thiocarbonyl (C=S) groups is 1. The van der Waals surface area contributed by atoms with E-state index in [0.717, 1.165) is 0 Å². The van der Waals surface area contributed by atoms with Crippen molar-refractivity contribution in [1.29, 1.82) is 0 Å². The van der Waals surface area contributed by atoms with Gasteiger partial charge in [-0.15, -0.1) is 6.58 Å². The molecule has 0 aliphatic carbocycles. The number of nitrogens with one attached hydrogen (secondary N) is 1. The highest BCUT2D eigenvalue weighted by atomic mass is 32.1. The molecule has 0 bridgehead atoms. The number of carbonyl (C=O) groups is 2.